The quantitative estimate of drug-likeness (QED) is 0.414. The van der Waals surface area contributed by atoms with Crippen LogP contribution in [0.4, 0.5) is 0 Å². The van der Waals surface area contributed by atoms with Gasteiger partial charge in [-0.3, -0.25) is 9.78 Å². The number of aromatic nitrogens is 1. The first-order chi connectivity index (χ1) is 17.7. The summed E-state index contributed by atoms with van der Waals surface area (Å²) in [6.45, 7) is -0.556. The van der Waals surface area contributed by atoms with E-state index in [0.29, 0.717) is 28.5 Å². The highest BCUT2D eigenvalue weighted by atomic mass is 32.2. The van der Waals surface area contributed by atoms with Gasteiger partial charge < -0.3 is 19.7 Å². The number of benzene rings is 2. The molecule has 1 aromatic heterocycles. The summed E-state index contributed by atoms with van der Waals surface area (Å²) in [6.07, 6.45) is 0.594. The Kier molecular flexibility index (Phi) is 6.76. The summed E-state index contributed by atoms with van der Waals surface area (Å²) in [6, 6.07) is 17.4. The van der Waals surface area contributed by atoms with Gasteiger partial charge in [0.2, 0.25) is 16.8 Å². The Labute approximate surface area is 215 Å². The third-order valence-electron chi connectivity index (χ3n) is 6.89. The van der Waals surface area contributed by atoms with Crippen molar-refractivity contribution in [1.29, 1.82) is 0 Å². The van der Waals surface area contributed by atoms with Gasteiger partial charge in [0.15, 0.2) is 11.5 Å². The van der Waals surface area contributed by atoms with Crippen molar-refractivity contribution in [3.63, 3.8) is 0 Å². The van der Waals surface area contributed by atoms with Crippen LogP contribution in [-0.2, 0) is 26.7 Å². The molecule has 10 heteroatoms. The lowest BCUT2D eigenvalue weighted by Crippen LogP contribution is -2.35. The number of hydrogen-bond acceptors (Lipinski definition) is 8. The van der Waals surface area contributed by atoms with Gasteiger partial charge in [-0.2, -0.15) is 4.31 Å². The Hall–Kier alpha value is -3.31. The van der Waals surface area contributed by atoms with Gasteiger partial charge in [-0.05, 0) is 54.8 Å². The smallest absolute Gasteiger partial charge is 0.242 e. The summed E-state index contributed by atoms with van der Waals surface area (Å²) in [7, 11) is -2.48. The van der Waals surface area contributed by atoms with Crippen LogP contribution >= 0.6 is 0 Å². The number of sulfonamides is 1. The summed E-state index contributed by atoms with van der Waals surface area (Å²) < 4.78 is 37.4. The minimum Gasteiger partial charge on any atom is -0.454 e. The van der Waals surface area contributed by atoms with Crippen molar-refractivity contribution in [2.75, 3.05) is 27.0 Å². The number of hydrogen-bond donors (Lipinski definition) is 2. The van der Waals surface area contributed by atoms with Crippen LogP contribution in [0.2, 0.25) is 0 Å². The van der Waals surface area contributed by atoms with Crippen LogP contribution in [0.25, 0.3) is 11.3 Å². The molecule has 1 aliphatic carbocycles. The predicted octanol–water partition coefficient (Wildman–Crippen LogP) is 2.29. The SMILES string of the molecule is CN(CC(O)CO)S(=O)(=O)c1ccc(-c2cccc(CC(=O)C3(c4ccc5c(c4)OCO5)CC3)n2)cc1. The summed E-state index contributed by atoms with van der Waals surface area (Å²) in [5.41, 5.74) is 2.40. The molecule has 2 heterocycles. The van der Waals surface area contributed by atoms with Gasteiger partial charge in [-0.15, -0.1) is 0 Å². The van der Waals surface area contributed by atoms with E-state index in [1.807, 2.05) is 36.4 Å². The number of nitrogens with zero attached hydrogens (tertiary/aromatic N) is 2. The van der Waals surface area contributed by atoms with E-state index < -0.39 is 28.1 Å². The normalized spacial score (nSPS) is 16.5. The molecule has 1 saturated carbocycles. The van der Waals surface area contributed by atoms with E-state index in [2.05, 4.69) is 4.98 Å². The van der Waals surface area contributed by atoms with E-state index in [0.717, 1.165) is 22.7 Å². The Balaban J connectivity index is 1.31. The Morgan fingerprint density at radius 3 is 2.51 bits per heavy atom. The Bertz CT molecular complexity index is 1420. The van der Waals surface area contributed by atoms with Crippen molar-refractivity contribution >= 4 is 15.8 Å². The molecule has 0 saturated heterocycles. The van der Waals surface area contributed by atoms with Crippen molar-refractivity contribution in [1.82, 2.24) is 9.29 Å². The maximum absolute atomic E-state index is 13.3. The van der Waals surface area contributed by atoms with Crippen LogP contribution in [0.5, 0.6) is 11.5 Å². The Morgan fingerprint density at radius 1 is 1.08 bits per heavy atom. The summed E-state index contributed by atoms with van der Waals surface area (Å²) in [4.78, 5) is 18.1. The van der Waals surface area contributed by atoms with Gasteiger partial charge in [-0.1, -0.05) is 24.3 Å². The molecule has 0 bridgehead atoms. The number of ketones is 1. The number of fused-ring (bicyclic) bond motifs is 1. The van der Waals surface area contributed by atoms with E-state index in [9.17, 15) is 18.3 Å². The number of likely N-dealkylation sites (N-methyl/N-ethyl adjacent to an activating group) is 1. The molecule has 9 nitrogen and oxygen atoms in total. The van der Waals surface area contributed by atoms with E-state index in [4.69, 9.17) is 14.6 Å². The first kappa shape index (κ1) is 25.3. The Morgan fingerprint density at radius 2 is 1.81 bits per heavy atom. The van der Waals surface area contributed by atoms with E-state index >= 15 is 0 Å². The molecule has 1 aliphatic heterocycles. The minimum atomic E-state index is -3.83. The van der Waals surface area contributed by atoms with E-state index in [-0.39, 0.29) is 30.4 Å². The van der Waals surface area contributed by atoms with E-state index in [1.165, 1.54) is 19.2 Å². The molecule has 2 N–H and O–H groups in total. The molecule has 2 aliphatic rings. The molecule has 194 valence electrons. The molecule has 37 heavy (non-hydrogen) atoms. The largest absolute Gasteiger partial charge is 0.454 e. The monoisotopic (exact) mass is 524 g/mol. The third-order valence-corrected chi connectivity index (χ3v) is 8.73. The zero-order chi connectivity index (χ0) is 26.2. The number of pyridine rings is 1. The lowest BCUT2D eigenvalue weighted by atomic mass is 9.88. The topological polar surface area (TPSA) is 126 Å². The van der Waals surface area contributed by atoms with Gasteiger partial charge in [-0.25, -0.2) is 8.42 Å². The minimum absolute atomic E-state index is 0.0645. The molecule has 3 aromatic rings. The van der Waals surface area contributed by atoms with Gasteiger partial charge in [0.25, 0.3) is 0 Å². The first-order valence-corrected chi connectivity index (χ1v) is 13.4. The fourth-order valence-electron chi connectivity index (χ4n) is 4.55. The zero-order valence-corrected chi connectivity index (χ0v) is 21.1. The summed E-state index contributed by atoms with van der Waals surface area (Å²) >= 11 is 0. The lowest BCUT2D eigenvalue weighted by Gasteiger charge is -2.19. The maximum atomic E-state index is 13.3. The van der Waals surface area contributed by atoms with Gasteiger partial charge >= 0.3 is 0 Å². The van der Waals surface area contributed by atoms with Crippen LogP contribution in [-0.4, -0.2) is 66.8 Å². The predicted molar refractivity (Wildman–Crippen MR) is 135 cm³/mol. The van der Waals surface area contributed by atoms with E-state index in [1.54, 1.807) is 12.1 Å². The van der Waals surface area contributed by atoms with Crippen molar-refractivity contribution in [2.45, 2.75) is 35.7 Å². The molecule has 0 radical (unpaired) electrons. The first-order valence-electron chi connectivity index (χ1n) is 12.0. The highest BCUT2D eigenvalue weighted by molar-refractivity contribution is 7.89. The molecule has 0 amide bonds. The number of aliphatic hydroxyl groups excluding tert-OH is 2. The maximum Gasteiger partial charge on any atom is 0.242 e. The number of carbonyl (C=O) groups is 1. The van der Waals surface area contributed by atoms with Gasteiger partial charge in [0, 0.05) is 31.3 Å². The second kappa shape index (κ2) is 9.86. The highest BCUT2D eigenvalue weighted by Crippen LogP contribution is 2.51. The fraction of sp³-hybridized carbons (Fsp3) is 0.333. The number of aliphatic hydroxyl groups is 2. The van der Waals surface area contributed by atoms with Crippen LogP contribution in [0.1, 0.15) is 24.1 Å². The lowest BCUT2D eigenvalue weighted by molar-refractivity contribution is -0.120. The van der Waals surface area contributed by atoms with Crippen LogP contribution in [0.3, 0.4) is 0 Å². The number of rotatable bonds is 10. The standard InChI is InChI=1S/C27H28N2O7S/c1-29(15-21(31)16-30)37(33,34)22-8-5-18(6-9-22)23-4-2-3-20(28-23)14-26(32)27(11-12-27)19-7-10-24-25(13-19)36-17-35-24/h2-10,13,21,30-31H,11-12,14-17H2,1H3. The molecular formula is C27H28N2O7S. The van der Waals surface area contributed by atoms with Gasteiger partial charge in [0.05, 0.1) is 28.7 Å². The van der Waals surface area contributed by atoms with Crippen molar-refractivity contribution < 1.29 is 32.9 Å². The molecule has 1 atom stereocenters. The highest BCUT2D eigenvalue weighted by Gasteiger charge is 2.51. The van der Waals surface area contributed by atoms with Crippen LogP contribution < -0.4 is 9.47 Å². The third kappa shape index (κ3) is 4.97. The summed E-state index contributed by atoms with van der Waals surface area (Å²) in [5.74, 6) is 1.46. The van der Waals surface area contributed by atoms with Crippen molar-refractivity contribution in [3.8, 4) is 22.8 Å². The molecule has 1 unspecified atom stereocenters. The van der Waals surface area contributed by atoms with Gasteiger partial charge in [0.1, 0.15) is 5.78 Å². The second-order valence-electron chi connectivity index (χ2n) is 9.41. The van der Waals surface area contributed by atoms with Crippen molar-refractivity contribution in [2.24, 2.45) is 0 Å². The number of Topliss-reactive ketones (excluding diaryl/α,β-unsaturated/α-hetero) is 1. The van der Waals surface area contributed by atoms with Crippen LogP contribution in [0, 0.1) is 0 Å². The molecule has 1 fully saturated rings. The second-order valence-corrected chi connectivity index (χ2v) is 11.5. The average Bonchev–Trinajstić information content (AvgIpc) is 3.59. The average molecular weight is 525 g/mol. The number of carbonyl (C=O) groups excluding carboxylic acids is 1. The summed E-state index contributed by atoms with van der Waals surface area (Å²) in [5, 5.41) is 18.6. The molecule has 0 spiro atoms. The van der Waals surface area contributed by atoms with Crippen molar-refractivity contribution in [3.05, 3.63) is 71.9 Å². The molecular weight excluding hydrogens is 496 g/mol. The zero-order valence-electron chi connectivity index (χ0n) is 20.3. The molecule has 2 aromatic carbocycles. The number of ether oxygens (including phenoxy) is 2. The fourth-order valence-corrected chi connectivity index (χ4v) is 5.76. The molecule has 5 rings (SSSR count). The van der Waals surface area contributed by atoms with Crippen LogP contribution in [0.15, 0.2) is 65.6 Å².